The first kappa shape index (κ1) is 36.8. The first-order valence-electron chi connectivity index (χ1n) is 16.5. The summed E-state index contributed by atoms with van der Waals surface area (Å²) in [6.07, 6.45) is 30.1. The van der Waals surface area contributed by atoms with Gasteiger partial charge in [0, 0.05) is 10.8 Å². The third-order valence-electron chi connectivity index (χ3n) is 8.71. The van der Waals surface area contributed by atoms with Crippen molar-refractivity contribution < 1.29 is 20.4 Å². The molecule has 0 aliphatic heterocycles. The van der Waals surface area contributed by atoms with E-state index in [4.69, 9.17) is 0 Å². The molecule has 37 heavy (non-hydrogen) atoms. The van der Waals surface area contributed by atoms with Crippen molar-refractivity contribution >= 4 is 0 Å². The van der Waals surface area contributed by atoms with E-state index in [0.717, 1.165) is 38.5 Å². The van der Waals surface area contributed by atoms with Gasteiger partial charge in [0.2, 0.25) is 0 Å². The molecule has 0 atom stereocenters. The van der Waals surface area contributed by atoms with Gasteiger partial charge in [-0.1, -0.05) is 155 Å². The summed E-state index contributed by atoms with van der Waals surface area (Å²) in [5.74, 6) is 0. The lowest BCUT2D eigenvalue weighted by Crippen LogP contribution is -2.41. The molecule has 0 aromatic heterocycles. The van der Waals surface area contributed by atoms with Crippen molar-refractivity contribution in [1.82, 2.24) is 0 Å². The number of unbranched alkanes of at least 4 members (excludes halogenated alkanes) is 20. The summed E-state index contributed by atoms with van der Waals surface area (Å²) in [6, 6.07) is 0. The fraction of sp³-hybridized carbons (Fsp3) is 1.00. The van der Waals surface area contributed by atoms with E-state index in [-0.39, 0.29) is 26.4 Å². The van der Waals surface area contributed by atoms with Crippen molar-refractivity contribution in [2.75, 3.05) is 26.4 Å². The first-order chi connectivity index (χ1) is 18.1. The Morgan fingerprint density at radius 1 is 0.324 bits per heavy atom. The molecule has 0 spiro atoms. The highest BCUT2D eigenvalue weighted by atomic mass is 16.3. The van der Waals surface area contributed by atoms with E-state index in [1.807, 2.05) is 0 Å². The highest BCUT2D eigenvalue weighted by Gasteiger charge is 2.39. The molecule has 0 aliphatic rings. The monoisotopic (exact) mass is 529 g/mol. The van der Waals surface area contributed by atoms with Crippen molar-refractivity contribution in [3.8, 4) is 0 Å². The minimum absolute atomic E-state index is 0.0821. The molecule has 4 N–H and O–H groups in total. The smallest absolute Gasteiger partial charge is 0.0509 e. The van der Waals surface area contributed by atoms with E-state index in [9.17, 15) is 20.4 Å². The predicted molar refractivity (Wildman–Crippen MR) is 160 cm³/mol. The van der Waals surface area contributed by atoms with E-state index in [1.165, 1.54) is 116 Å². The van der Waals surface area contributed by atoms with Crippen LogP contribution in [0.2, 0.25) is 0 Å². The highest BCUT2D eigenvalue weighted by molar-refractivity contribution is 4.89. The van der Waals surface area contributed by atoms with Crippen LogP contribution >= 0.6 is 0 Å². The molecule has 0 aliphatic carbocycles. The lowest BCUT2D eigenvalue weighted by atomic mass is 9.68. The van der Waals surface area contributed by atoms with Crippen LogP contribution in [-0.4, -0.2) is 46.9 Å². The molecule has 0 aromatic carbocycles. The van der Waals surface area contributed by atoms with E-state index in [1.54, 1.807) is 0 Å². The quantitative estimate of drug-likeness (QED) is 0.0703. The Hall–Kier alpha value is -0.160. The first-order valence-corrected chi connectivity index (χ1v) is 16.5. The number of hydrogen-bond donors (Lipinski definition) is 4. The van der Waals surface area contributed by atoms with Gasteiger partial charge in [-0.2, -0.15) is 0 Å². The van der Waals surface area contributed by atoms with Crippen LogP contribution in [0.4, 0.5) is 0 Å². The van der Waals surface area contributed by atoms with Crippen LogP contribution in [0.15, 0.2) is 0 Å². The van der Waals surface area contributed by atoms with Gasteiger partial charge in [-0.3, -0.25) is 0 Å². The van der Waals surface area contributed by atoms with Crippen LogP contribution in [0, 0.1) is 10.8 Å². The third kappa shape index (κ3) is 19.5. The zero-order chi connectivity index (χ0) is 27.5. The molecule has 0 saturated heterocycles. The summed E-state index contributed by atoms with van der Waals surface area (Å²) in [5, 5.41) is 40.9. The zero-order valence-electron chi connectivity index (χ0n) is 25.3. The molecule has 224 valence electrons. The van der Waals surface area contributed by atoms with E-state index >= 15 is 0 Å². The maximum Gasteiger partial charge on any atom is 0.0509 e. The van der Waals surface area contributed by atoms with Crippen LogP contribution < -0.4 is 0 Å². The molecule has 0 radical (unpaired) electrons. The second kappa shape index (κ2) is 26.1. The van der Waals surface area contributed by atoms with Gasteiger partial charge in [-0.05, 0) is 19.3 Å². The van der Waals surface area contributed by atoms with Gasteiger partial charge in [-0.15, -0.1) is 0 Å². The normalized spacial score (nSPS) is 12.5. The number of hydrogen-bond acceptors (Lipinski definition) is 4. The molecule has 0 fully saturated rings. The minimum Gasteiger partial charge on any atom is -0.396 e. The summed E-state index contributed by atoms with van der Waals surface area (Å²) < 4.78 is 0. The summed E-state index contributed by atoms with van der Waals surface area (Å²) in [7, 11) is 0. The number of rotatable bonds is 30. The predicted octanol–water partition coefficient (Wildman–Crippen LogP) is 8.72. The van der Waals surface area contributed by atoms with Crippen molar-refractivity contribution in [1.29, 1.82) is 0 Å². The molecule has 0 unspecified atom stereocenters. The van der Waals surface area contributed by atoms with Crippen LogP contribution in [0.1, 0.15) is 174 Å². The van der Waals surface area contributed by atoms with E-state index < -0.39 is 10.8 Å². The zero-order valence-corrected chi connectivity index (χ0v) is 25.3. The molecular formula is C33H68O4. The Morgan fingerprint density at radius 3 is 0.757 bits per heavy atom. The number of aliphatic hydroxyl groups excluding tert-OH is 4. The maximum absolute atomic E-state index is 10.2. The van der Waals surface area contributed by atoms with Gasteiger partial charge in [0.25, 0.3) is 0 Å². The largest absolute Gasteiger partial charge is 0.396 e. The van der Waals surface area contributed by atoms with Crippen molar-refractivity contribution in [3.05, 3.63) is 0 Å². The SMILES string of the molecule is CCCCCCCCCCCCCC(CO)(CO)CC(CO)(CO)CCCCCCCCCCCCC. The Labute approximate surface area is 232 Å². The molecule has 0 heterocycles. The van der Waals surface area contributed by atoms with Gasteiger partial charge < -0.3 is 20.4 Å². The van der Waals surface area contributed by atoms with Gasteiger partial charge in [0.05, 0.1) is 26.4 Å². The average molecular weight is 529 g/mol. The molecular weight excluding hydrogens is 460 g/mol. The lowest BCUT2D eigenvalue weighted by Gasteiger charge is -2.40. The average Bonchev–Trinajstić information content (AvgIpc) is 2.93. The summed E-state index contributed by atoms with van der Waals surface area (Å²) in [6.45, 7) is 4.19. The van der Waals surface area contributed by atoms with E-state index in [2.05, 4.69) is 13.8 Å². The summed E-state index contributed by atoms with van der Waals surface area (Å²) in [5.41, 5.74) is -1.22. The van der Waals surface area contributed by atoms with Crippen molar-refractivity contribution in [2.24, 2.45) is 10.8 Å². The fourth-order valence-corrected chi connectivity index (χ4v) is 5.94. The lowest BCUT2D eigenvalue weighted by molar-refractivity contribution is -0.0456. The Balaban J connectivity index is 4.23. The number of aliphatic hydroxyl groups is 4. The Bertz CT molecular complexity index is 406. The highest BCUT2D eigenvalue weighted by Crippen LogP contribution is 2.41. The second-order valence-electron chi connectivity index (χ2n) is 12.4. The molecule has 0 bridgehead atoms. The molecule has 4 heteroatoms. The summed E-state index contributed by atoms with van der Waals surface area (Å²) in [4.78, 5) is 0. The van der Waals surface area contributed by atoms with Gasteiger partial charge in [-0.25, -0.2) is 0 Å². The van der Waals surface area contributed by atoms with Crippen LogP contribution in [0.3, 0.4) is 0 Å². The van der Waals surface area contributed by atoms with Crippen LogP contribution in [0.5, 0.6) is 0 Å². The minimum atomic E-state index is -0.609. The molecule has 0 aromatic rings. The van der Waals surface area contributed by atoms with Gasteiger partial charge in [0.1, 0.15) is 0 Å². The molecule has 0 rings (SSSR count). The standard InChI is InChI=1S/C33H68O4/c1-3-5-7-9-11-13-15-17-19-21-23-25-32(28-34,29-35)27-33(30-36,31-37)26-24-22-20-18-16-14-12-10-8-6-4-2/h34-37H,3-31H2,1-2H3. The topological polar surface area (TPSA) is 80.9 Å². The Kier molecular flexibility index (Phi) is 26.0. The van der Waals surface area contributed by atoms with Gasteiger partial charge in [0.15, 0.2) is 0 Å². The molecule has 0 amide bonds. The second-order valence-corrected chi connectivity index (χ2v) is 12.4. The van der Waals surface area contributed by atoms with Crippen molar-refractivity contribution in [3.63, 3.8) is 0 Å². The molecule has 0 saturated carbocycles. The third-order valence-corrected chi connectivity index (χ3v) is 8.71. The fourth-order valence-electron chi connectivity index (χ4n) is 5.94. The maximum atomic E-state index is 10.2. The Morgan fingerprint density at radius 2 is 0.541 bits per heavy atom. The van der Waals surface area contributed by atoms with Crippen molar-refractivity contribution in [2.45, 2.75) is 174 Å². The van der Waals surface area contributed by atoms with Gasteiger partial charge >= 0.3 is 0 Å². The van der Waals surface area contributed by atoms with Crippen LogP contribution in [0.25, 0.3) is 0 Å². The van der Waals surface area contributed by atoms with Crippen LogP contribution in [-0.2, 0) is 0 Å². The molecule has 4 nitrogen and oxygen atoms in total. The summed E-state index contributed by atoms with van der Waals surface area (Å²) >= 11 is 0. The van der Waals surface area contributed by atoms with E-state index in [0.29, 0.717) is 6.42 Å².